The number of anilines is 1. The SMILES string of the molecule is CC(C)(C)C(=O)Nc1cc2c(cc1S(=O)(=O)O)CCC1C2CC[C@]2(C)CCCC12. The predicted molar refractivity (Wildman–Crippen MR) is 114 cm³/mol. The molecule has 3 aliphatic rings. The molecule has 160 valence electrons. The van der Waals surface area contributed by atoms with Crippen molar-refractivity contribution in [3.63, 3.8) is 0 Å². The molecule has 0 heterocycles. The molecule has 0 spiro atoms. The standard InChI is InChI=1S/C23H33NO4S/c1-22(2,3)21(25)24-19-13-17-14(12-20(19)29(26,27)28)7-8-16-15(17)9-11-23(4)10-5-6-18(16)23/h12-13,15-16,18H,5-11H2,1-4H3,(H,24,25)(H,26,27,28)/t15?,16?,18?,23-/m0/s1. The zero-order valence-corrected chi connectivity index (χ0v) is 18.7. The average molecular weight is 420 g/mol. The summed E-state index contributed by atoms with van der Waals surface area (Å²) in [4.78, 5) is 12.4. The van der Waals surface area contributed by atoms with Crippen molar-refractivity contribution in [1.82, 2.24) is 0 Å². The molecule has 0 aromatic heterocycles. The number of benzene rings is 1. The molecule has 2 N–H and O–H groups in total. The van der Waals surface area contributed by atoms with Crippen molar-refractivity contribution in [1.29, 1.82) is 0 Å². The summed E-state index contributed by atoms with van der Waals surface area (Å²) in [6.07, 6.45) is 8.16. The fourth-order valence-corrected chi connectivity index (χ4v) is 6.89. The normalized spacial score (nSPS) is 31.6. The van der Waals surface area contributed by atoms with Crippen molar-refractivity contribution < 1.29 is 17.8 Å². The smallest absolute Gasteiger partial charge is 0.296 e. The third kappa shape index (κ3) is 3.63. The van der Waals surface area contributed by atoms with E-state index < -0.39 is 15.5 Å². The first kappa shape index (κ1) is 20.9. The summed E-state index contributed by atoms with van der Waals surface area (Å²) in [5, 5.41) is 2.78. The predicted octanol–water partition coefficient (Wildman–Crippen LogP) is 5.16. The fourth-order valence-electron chi connectivity index (χ4n) is 6.21. The molecule has 3 aliphatic carbocycles. The largest absolute Gasteiger partial charge is 0.324 e. The third-order valence-corrected chi connectivity index (χ3v) is 8.71. The van der Waals surface area contributed by atoms with Crippen molar-refractivity contribution in [3.8, 4) is 0 Å². The third-order valence-electron chi connectivity index (χ3n) is 7.81. The summed E-state index contributed by atoms with van der Waals surface area (Å²) in [6, 6.07) is 3.44. The van der Waals surface area contributed by atoms with Crippen LogP contribution in [-0.2, 0) is 21.3 Å². The van der Waals surface area contributed by atoms with Crippen LogP contribution in [0.1, 0.15) is 83.3 Å². The molecule has 2 saturated carbocycles. The number of fused-ring (bicyclic) bond motifs is 5. The number of amides is 1. The number of rotatable bonds is 2. The Bertz CT molecular complexity index is 946. The van der Waals surface area contributed by atoms with Gasteiger partial charge in [-0.3, -0.25) is 9.35 Å². The lowest BCUT2D eigenvalue weighted by molar-refractivity contribution is -0.123. The van der Waals surface area contributed by atoms with Crippen LogP contribution in [0.4, 0.5) is 5.69 Å². The van der Waals surface area contributed by atoms with Crippen LogP contribution in [0.5, 0.6) is 0 Å². The summed E-state index contributed by atoms with van der Waals surface area (Å²) in [5.74, 6) is 1.52. The van der Waals surface area contributed by atoms with E-state index >= 15 is 0 Å². The van der Waals surface area contributed by atoms with Crippen LogP contribution >= 0.6 is 0 Å². The summed E-state index contributed by atoms with van der Waals surface area (Å²) in [6.45, 7) is 7.80. The molecular formula is C23H33NO4S. The van der Waals surface area contributed by atoms with Crippen molar-refractivity contribution >= 4 is 21.7 Å². The van der Waals surface area contributed by atoms with E-state index in [-0.39, 0.29) is 16.5 Å². The topological polar surface area (TPSA) is 83.5 Å². The Morgan fingerprint density at radius 1 is 1.17 bits per heavy atom. The molecule has 0 saturated heterocycles. The maximum absolute atomic E-state index is 12.6. The van der Waals surface area contributed by atoms with E-state index in [1.54, 1.807) is 26.8 Å². The minimum absolute atomic E-state index is 0.186. The van der Waals surface area contributed by atoms with Gasteiger partial charge in [0.1, 0.15) is 4.90 Å². The fraction of sp³-hybridized carbons (Fsp3) is 0.696. The minimum atomic E-state index is -4.43. The molecule has 0 aliphatic heterocycles. The summed E-state index contributed by atoms with van der Waals surface area (Å²) in [5.41, 5.74) is 2.19. The molecule has 1 aromatic rings. The van der Waals surface area contributed by atoms with Gasteiger partial charge in [0.25, 0.3) is 10.1 Å². The van der Waals surface area contributed by atoms with Crippen LogP contribution in [-0.4, -0.2) is 18.9 Å². The first-order valence-electron chi connectivity index (χ1n) is 10.9. The van der Waals surface area contributed by atoms with E-state index in [1.165, 1.54) is 31.2 Å². The quantitative estimate of drug-likeness (QED) is 0.648. The molecule has 29 heavy (non-hydrogen) atoms. The van der Waals surface area contributed by atoms with Crippen LogP contribution in [0.25, 0.3) is 0 Å². The van der Waals surface area contributed by atoms with E-state index in [1.807, 2.05) is 6.07 Å². The van der Waals surface area contributed by atoms with E-state index in [0.717, 1.165) is 30.7 Å². The molecule has 3 unspecified atom stereocenters. The highest BCUT2D eigenvalue weighted by atomic mass is 32.2. The lowest BCUT2D eigenvalue weighted by Crippen LogP contribution is -2.39. The van der Waals surface area contributed by atoms with Crippen molar-refractivity contribution in [3.05, 3.63) is 23.3 Å². The molecule has 1 aromatic carbocycles. The Labute approximate surface area is 174 Å². The van der Waals surface area contributed by atoms with Gasteiger partial charge < -0.3 is 5.32 Å². The van der Waals surface area contributed by atoms with Gasteiger partial charge in [-0.05, 0) is 85.0 Å². The van der Waals surface area contributed by atoms with Gasteiger partial charge in [0.2, 0.25) is 5.91 Å². The second kappa shape index (κ2) is 6.81. The molecule has 5 nitrogen and oxygen atoms in total. The maximum atomic E-state index is 12.6. The first-order valence-corrected chi connectivity index (χ1v) is 12.3. The van der Waals surface area contributed by atoms with Crippen molar-refractivity contribution in [2.75, 3.05) is 5.32 Å². The average Bonchev–Trinajstić information content (AvgIpc) is 3.01. The molecule has 1 amide bonds. The molecular weight excluding hydrogens is 386 g/mol. The molecule has 4 atom stereocenters. The van der Waals surface area contributed by atoms with E-state index in [2.05, 4.69) is 12.2 Å². The number of carbonyl (C=O) groups is 1. The van der Waals surface area contributed by atoms with Gasteiger partial charge in [-0.15, -0.1) is 0 Å². The Morgan fingerprint density at radius 2 is 1.90 bits per heavy atom. The van der Waals surface area contributed by atoms with Gasteiger partial charge in [0.05, 0.1) is 5.69 Å². The van der Waals surface area contributed by atoms with Crippen LogP contribution in [0, 0.1) is 22.7 Å². The molecule has 2 fully saturated rings. The first-order chi connectivity index (χ1) is 13.4. The highest BCUT2D eigenvalue weighted by Crippen LogP contribution is 2.61. The second-order valence-corrected chi connectivity index (χ2v) is 12.1. The van der Waals surface area contributed by atoms with E-state index in [0.29, 0.717) is 17.3 Å². The number of nitrogens with one attached hydrogen (secondary N) is 1. The zero-order valence-electron chi connectivity index (χ0n) is 17.9. The number of hydrogen-bond acceptors (Lipinski definition) is 3. The van der Waals surface area contributed by atoms with Crippen LogP contribution in [0.3, 0.4) is 0 Å². The molecule has 0 bridgehead atoms. The highest BCUT2D eigenvalue weighted by Gasteiger charge is 2.50. The number of carbonyl (C=O) groups excluding carboxylic acids is 1. The maximum Gasteiger partial charge on any atom is 0.296 e. The van der Waals surface area contributed by atoms with Crippen LogP contribution in [0.15, 0.2) is 17.0 Å². The van der Waals surface area contributed by atoms with Crippen LogP contribution in [0.2, 0.25) is 0 Å². The Balaban J connectivity index is 1.76. The summed E-state index contributed by atoms with van der Waals surface area (Å²) in [7, 11) is -4.43. The Kier molecular flexibility index (Phi) is 4.90. The van der Waals surface area contributed by atoms with Gasteiger partial charge in [-0.25, -0.2) is 0 Å². The summed E-state index contributed by atoms with van der Waals surface area (Å²) < 4.78 is 33.9. The van der Waals surface area contributed by atoms with Gasteiger partial charge in [0, 0.05) is 5.41 Å². The van der Waals surface area contributed by atoms with Crippen molar-refractivity contribution in [2.45, 2.75) is 83.5 Å². The molecule has 4 rings (SSSR count). The van der Waals surface area contributed by atoms with Gasteiger partial charge in [-0.1, -0.05) is 34.1 Å². The number of aryl methyl sites for hydroxylation is 1. The Morgan fingerprint density at radius 3 is 2.55 bits per heavy atom. The van der Waals surface area contributed by atoms with Crippen LogP contribution < -0.4 is 5.32 Å². The summed E-state index contributed by atoms with van der Waals surface area (Å²) >= 11 is 0. The zero-order chi connectivity index (χ0) is 21.2. The monoisotopic (exact) mass is 419 g/mol. The van der Waals surface area contributed by atoms with Crippen molar-refractivity contribution in [2.24, 2.45) is 22.7 Å². The second-order valence-electron chi connectivity index (χ2n) is 10.7. The van der Waals surface area contributed by atoms with Gasteiger partial charge in [0.15, 0.2) is 0 Å². The van der Waals surface area contributed by atoms with Gasteiger partial charge in [-0.2, -0.15) is 8.42 Å². The molecule has 0 radical (unpaired) electrons. The lowest BCUT2D eigenvalue weighted by Gasteiger charge is -2.49. The van der Waals surface area contributed by atoms with Gasteiger partial charge >= 0.3 is 0 Å². The van der Waals surface area contributed by atoms with E-state index in [9.17, 15) is 17.8 Å². The highest BCUT2D eigenvalue weighted by molar-refractivity contribution is 7.86. The van der Waals surface area contributed by atoms with E-state index in [4.69, 9.17) is 0 Å². The number of hydrogen-bond donors (Lipinski definition) is 2. The minimum Gasteiger partial charge on any atom is -0.324 e. The Hall–Kier alpha value is -1.40. The lowest BCUT2D eigenvalue weighted by atomic mass is 9.56. The molecule has 6 heteroatoms.